The molecule has 0 aliphatic carbocycles. The minimum Gasteiger partial charge on any atom is -0.390 e. The van der Waals surface area contributed by atoms with Crippen molar-refractivity contribution >= 4 is 6.21 Å². The van der Waals surface area contributed by atoms with Crippen molar-refractivity contribution in [2.45, 2.75) is 13.5 Å². The van der Waals surface area contributed by atoms with E-state index in [0.717, 1.165) is 16.7 Å². The summed E-state index contributed by atoms with van der Waals surface area (Å²) in [6.07, 6.45) is 2.89. The van der Waals surface area contributed by atoms with Crippen LogP contribution in [0.3, 0.4) is 0 Å². The highest BCUT2D eigenvalue weighted by molar-refractivity contribution is 5.80. The van der Waals surface area contributed by atoms with Gasteiger partial charge in [0, 0.05) is 5.56 Å². The van der Waals surface area contributed by atoms with Crippen molar-refractivity contribution in [2.24, 2.45) is 5.16 Å². The van der Waals surface area contributed by atoms with E-state index in [2.05, 4.69) is 11.4 Å². The molecule has 0 fully saturated rings. The van der Waals surface area contributed by atoms with Crippen LogP contribution >= 0.6 is 0 Å². The molecule has 0 bridgehead atoms. The second kappa shape index (κ2) is 5.85. The molecule has 0 amide bonds. The van der Waals surface area contributed by atoms with Crippen LogP contribution in [0, 0.1) is 6.92 Å². The second-order valence-corrected chi connectivity index (χ2v) is 3.78. The average molecular weight is 224 g/mol. The first-order valence-electron chi connectivity index (χ1n) is 5.54. The van der Waals surface area contributed by atoms with Crippen molar-refractivity contribution in [3.63, 3.8) is 0 Å². The van der Waals surface area contributed by atoms with E-state index in [4.69, 9.17) is 4.84 Å². The molecule has 0 unspecified atom stereocenters. The maximum atomic E-state index is 5.19. The van der Waals surface area contributed by atoms with Crippen LogP contribution < -0.4 is 0 Å². The molecule has 0 atom stereocenters. The minimum absolute atomic E-state index is 0.472. The van der Waals surface area contributed by atoms with Crippen LogP contribution in [0.25, 0.3) is 0 Å². The Morgan fingerprint density at radius 2 is 1.71 bits per heavy atom. The fraction of sp³-hybridized carbons (Fsp3) is 0.133. The van der Waals surface area contributed by atoms with Gasteiger partial charge in [-0.25, -0.2) is 0 Å². The van der Waals surface area contributed by atoms with Crippen LogP contribution in [0.15, 0.2) is 59.8 Å². The monoisotopic (exact) mass is 224 g/mol. The molecule has 2 nitrogen and oxygen atoms in total. The van der Waals surface area contributed by atoms with Gasteiger partial charge in [-0.3, -0.25) is 0 Å². The lowest BCUT2D eigenvalue weighted by Crippen LogP contribution is -1.89. The summed E-state index contributed by atoms with van der Waals surface area (Å²) in [5.41, 5.74) is 3.20. The first kappa shape index (κ1) is 11.4. The molecule has 17 heavy (non-hydrogen) atoms. The topological polar surface area (TPSA) is 21.6 Å². The molecule has 0 spiro atoms. The van der Waals surface area contributed by atoms with Crippen LogP contribution in [0.5, 0.6) is 0 Å². The zero-order valence-electron chi connectivity index (χ0n) is 9.76. The molecule has 0 heterocycles. The lowest BCUT2D eigenvalue weighted by Gasteiger charge is -1.99. The summed E-state index contributed by atoms with van der Waals surface area (Å²) in [5, 5.41) is 3.85. The van der Waals surface area contributed by atoms with E-state index in [1.54, 1.807) is 0 Å². The van der Waals surface area contributed by atoms with Crippen molar-refractivity contribution in [3.8, 4) is 0 Å². The molecular weight excluding hydrogens is 210 g/mol. The van der Waals surface area contributed by atoms with E-state index < -0.39 is 0 Å². The highest BCUT2D eigenvalue weighted by Gasteiger charge is 1.93. The van der Waals surface area contributed by atoms with Crippen molar-refractivity contribution in [1.82, 2.24) is 0 Å². The molecule has 0 aromatic heterocycles. The lowest BCUT2D eigenvalue weighted by atomic mass is 10.1. The zero-order valence-corrected chi connectivity index (χ0v) is 9.76. The number of aryl methyl sites for hydroxylation is 1. The molecule has 2 heteroatoms. The van der Waals surface area contributed by atoms with Gasteiger partial charge in [0.15, 0.2) is 0 Å². The average Bonchev–Trinajstić information content (AvgIpc) is 2.38. The van der Waals surface area contributed by atoms with Crippen LogP contribution in [0.4, 0.5) is 0 Å². The van der Waals surface area contributed by atoms with E-state index in [1.165, 1.54) is 0 Å². The van der Waals surface area contributed by atoms with Gasteiger partial charge >= 0.3 is 0 Å². The van der Waals surface area contributed by atoms with Gasteiger partial charge in [-0.15, -0.1) is 0 Å². The van der Waals surface area contributed by atoms with Crippen LogP contribution in [0.1, 0.15) is 16.7 Å². The smallest absolute Gasteiger partial charge is 0.142 e. The maximum absolute atomic E-state index is 5.19. The highest BCUT2D eigenvalue weighted by Crippen LogP contribution is 2.04. The zero-order chi connectivity index (χ0) is 11.9. The predicted octanol–water partition coefficient (Wildman–Crippen LogP) is 3.42. The van der Waals surface area contributed by atoms with Crippen LogP contribution in [0.2, 0.25) is 0 Å². The van der Waals surface area contributed by atoms with Gasteiger partial charge in [0.25, 0.3) is 0 Å². The molecule has 2 rings (SSSR count). The number of benzene rings is 2. The Hall–Kier alpha value is -2.09. The summed E-state index contributed by atoms with van der Waals surface area (Å²) in [6.45, 7) is 2.49. The number of hydrogen-bond donors (Lipinski definition) is 0. The number of nitrogens with zero attached hydrogens (tertiary/aromatic N) is 1. The summed E-state index contributed by atoms with van der Waals surface area (Å²) in [5.74, 6) is 0. The highest BCUT2D eigenvalue weighted by atomic mass is 16.6. The fourth-order valence-corrected chi connectivity index (χ4v) is 1.46. The van der Waals surface area contributed by atoms with E-state index in [0.29, 0.717) is 6.61 Å². The van der Waals surface area contributed by atoms with Gasteiger partial charge in [-0.1, -0.05) is 59.8 Å². The molecular formula is C15H14NO. The minimum atomic E-state index is 0.472. The standard InChI is InChI=1S/C15H14NO/c1-13-7-5-6-10-15(13)11-16-17-12-14-8-3-2-4-9-14/h2-10H,12H2,1H3. The molecule has 2 aromatic carbocycles. The molecule has 0 aliphatic heterocycles. The second-order valence-electron chi connectivity index (χ2n) is 3.78. The Balaban J connectivity index is 1.89. The Morgan fingerprint density at radius 3 is 2.47 bits per heavy atom. The fourth-order valence-electron chi connectivity index (χ4n) is 1.46. The van der Waals surface area contributed by atoms with Gasteiger partial charge in [0.1, 0.15) is 12.8 Å². The summed E-state index contributed by atoms with van der Waals surface area (Å²) in [7, 11) is 0. The SMILES string of the molecule is Cc1ccccc1/[C]=N\OCc1ccccc1. The summed E-state index contributed by atoms with van der Waals surface area (Å²) in [4.78, 5) is 5.19. The molecule has 0 saturated heterocycles. The lowest BCUT2D eigenvalue weighted by molar-refractivity contribution is 0.132. The molecule has 0 aliphatic rings. The van der Waals surface area contributed by atoms with E-state index in [1.807, 2.05) is 61.5 Å². The van der Waals surface area contributed by atoms with Crippen molar-refractivity contribution in [1.29, 1.82) is 0 Å². The quantitative estimate of drug-likeness (QED) is 0.576. The normalized spacial score (nSPS) is 10.6. The third-order valence-corrected chi connectivity index (χ3v) is 2.45. The van der Waals surface area contributed by atoms with Gasteiger partial charge < -0.3 is 4.84 Å². The first-order chi connectivity index (χ1) is 8.36. The van der Waals surface area contributed by atoms with Crippen LogP contribution in [-0.4, -0.2) is 6.21 Å². The Morgan fingerprint density at radius 1 is 1.00 bits per heavy atom. The van der Waals surface area contributed by atoms with Crippen molar-refractivity contribution in [3.05, 3.63) is 71.3 Å². The summed E-state index contributed by atoms with van der Waals surface area (Å²) in [6, 6.07) is 17.9. The molecule has 0 N–H and O–H groups in total. The Bertz CT molecular complexity index is 491. The van der Waals surface area contributed by atoms with Gasteiger partial charge in [0.2, 0.25) is 0 Å². The molecule has 1 radical (unpaired) electrons. The van der Waals surface area contributed by atoms with Crippen molar-refractivity contribution in [2.75, 3.05) is 0 Å². The number of rotatable bonds is 4. The maximum Gasteiger partial charge on any atom is 0.142 e. The summed E-state index contributed by atoms with van der Waals surface area (Å²) >= 11 is 0. The van der Waals surface area contributed by atoms with Gasteiger partial charge in [0.05, 0.1) is 0 Å². The van der Waals surface area contributed by atoms with E-state index >= 15 is 0 Å². The number of hydrogen-bond acceptors (Lipinski definition) is 2. The van der Waals surface area contributed by atoms with Crippen LogP contribution in [-0.2, 0) is 11.4 Å². The van der Waals surface area contributed by atoms with E-state index in [-0.39, 0.29) is 0 Å². The van der Waals surface area contributed by atoms with Gasteiger partial charge in [-0.05, 0) is 18.1 Å². The Kier molecular flexibility index (Phi) is 3.92. The van der Waals surface area contributed by atoms with E-state index in [9.17, 15) is 0 Å². The van der Waals surface area contributed by atoms with Gasteiger partial charge in [-0.2, -0.15) is 0 Å². The third kappa shape index (κ3) is 3.45. The first-order valence-corrected chi connectivity index (χ1v) is 5.54. The largest absolute Gasteiger partial charge is 0.390 e. The summed E-state index contributed by atoms with van der Waals surface area (Å²) < 4.78 is 0. The van der Waals surface area contributed by atoms with Crippen molar-refractivity contribution < 1.29 is 4.84 Å². The molecule has 2 aromatic rings. The molecule has 0 saturated carbocycles. The molecule has 85 valence electrons. The Labute approximate surface area is 102 Å². The predicted molar refractivity (Wildman–Crippen MR) is 68.9 cm³/mol. The third-order valence-electron chi connectivity index (χ3n) is 2.45.